The molecule has 2 aliphatic rings. The van der Waals surface area contributed by atoms with E-state index in [9.17, 15) is 9.90 Å². The molecule has 1 aliphatic heterocycles. The minimum atomic E-state index is -0.368. The van der Waals surface area contributed by atoms with Crippen molar-refractivity contribution in [1.82, 2.24) is 4.90 Å². The third-order valence-electron chi connectivity index (χ3n) is 5.41. The zero-order valence-electron chi connectivity index (χ0n) is 13.0. The highest BCUT2D eigenvalue weighted by Crippen LogP contribution is 2.41. The third-order valence-corrected chi connectivity index (χ3v) is 5.41. The van der Waals surface area contributed by atoms with E-state index in [1.807, 2.05) is 4.90 Å². The van der Waals surface area contributed by atoms with E-state index in [4.69, 9.17) is 5.73 Å². The van der Waals surface area contributed by atoms with E-state index in [1.54, 1.807) is 0 Å². The highest BCUT2D eigenvalue weighted by molar-refractivity contribution is 5.83. The van der Waals surface area contributed by atoms with Crippen molar-refractivity contribution in [3.8, 4) is 0 Å². The standard InChI is InChI=1S/C16H30N2O2/c1-3-7-16(11-17,8-4-2)15(20)18-9-12-5-6-14(19)13(12)10-18/h12-14,19H,3-11,17H2,1-2H3. The van der Waals surface area contributed by atoms with Crippen LogP contribution in [0.5, 0.6) is 0 Å². The second-order valence-electron chi connectivity index (χ2n) is 6.76. The van der Waals surface area contributed by atoms with Gasteiger partial charge >= 0.3 is 0 Å². The molecule has 0 radical (unpaired) electrons. The molecule has 3 unspecified atom stereocenters. The fourth-order valence-corrected chi connectivity index (χ4v) is 4.33. The lowest BCUT2D eigenvalue weighted by molar-refractivity contribution is -0.142. The monoisotopic (exact) mass is 282 g/mol. The molecule has 20 heavy (non-hydrogen) atoms. The van der Waals surface area contributed by atoms with Crippen LogP contribution in [0, 0.1) is 17.3 Å². The zero-order valence-corrected chi connectivity index (χ0v) is 13.0. The molecule has 1 heterocycles. The first kappa shape index (κ1) is 15.8. The molecule has 1 saturated heterocycles. The fraction of sp³-hybridized carbons (Fsp3) is 0.938. The largest absolute Gasteiger partial charge is 0.393 e. The molecule has 4 nitrogen and oxygen atoms in total. The molecular weight excluding hydrogens is 252 g/mol. The number of carbonyl (C=O) groups excluding carboxylic acids is 1. The Labute approximate surface area is 122 Å². The summed E-state index contributed by atoms with van der Waals surface area (Å²) in [5.74, 6) is 1.05. The summed E-state index contributed by atoms with van der Waals surface area (Å²) in [6, 6.07) is 0. The number of amides is 1. The van der Waals surface area contributed by atoms with Crippen molar-refractivity contribution in [1.29, 1.82) is 0 Å². The number of nitrogens with two attached hydrogens (primary N) is 1. The Kier molecular flexibility index (Phi) is 5.08. The van der Waals surface area contributed by atoms with Gasteiger partial charge in [-0.1, -0.05) is 26.7 Å². The predicted molar refractivity (Wildman–Crippen MR) is 80.1 cm³/mol. The van der Waals surface area contributed by atoms with Crippen molar-refractivity contribution in [3.05, 3.63) is 0 Å². The number of carbonyl (C=O) groups is 1. The molecule has 1 saturated carbocycles. The smallest absolute Gasteiger partial charge is 0.230 e. The van der Waals surface area contributed by atoms with Crippen LogP contribution in [0.15, 0.2) is 0 Å². The first-order valence-electron chi connectivity index (χ1n) is 8.25. The van der Waals surface area contributed by atoms with E-state index in [2.05, 4.69) is 13.8 Å². The molecule has 0 bridgehead atoms. The van der Waals surface area contributed by atoms with Gasteiger partial charge in [0.15, 0.2) is 0 Å². The molecule has 3 atom stereocenters. The van der Waals surface area contributed by atoms with Gasteiger partial charge in [-0.25, -0.2) is 0 Å². The lowest BCUT2D eigenvalue weighted by atomic mass is 9.78. The molecular formula is C16H30N2O2. The van der Waals surface area contributed by atoms with Crippen LogP contribution in [0.1, 0.15) is 52.4 Å². The maximum atomic E-state index is 13.0. The number of nitrogens with zero attached hydrogens (tertiary/aromatic N) is 1. The van der Waals surface area contributed by atoms with Crippen molar-refractivity contribution in [3.63, 3.8) is 0 Å². The molecule has 116 valence electrons. The number of hydrogen-bond donors (Lipinski definition) is 2. The zero-order chi connectivity index (χ0) is 14.8. The van der Waals surface area contributed by atoms with Gasteiger partial charge in [0.2, 0.25) is 5.91 Å². The van der Waals surface area contributed by atoms with Gasteiger partial charge < -0.3 is 15.7 Å². The average molecular weight is 282 g/mol. The number of rotatable bonds is 6. The highest BCUT2D eigenvalue weighted by Gasteiger charge is 2.47. The van der Waals surface area contributed by atoms with Gasteiger partial charge in [-0.3, -0.25) is 4.79 Å². The third kappa shape index (κ3) is 2.73. The van der Waals surface area contributed by atoms with Crippen LogP contribution in [0.4, 0.5) is 0 Å². The number of aliphatic hydroxyl groups is 1. The molecule has 0 aromatic rings. The molecule has 3 N–H and O–H groups in total. The van der Waals surface area contributed by atoms with Crippen LogP contribution < -0.4 is 5.73 Å². The van der Waals surface area contributed by atoms with Gasteiger partial charge in [0.1, 0.15) is 0 Å². The molecule has 0 aromatic heterocycles. The van der Waals surface area contributed by atoms with Gasteiger partial charge in [0.05, 0.1) is 11.5 Å². The molecule has 2 rings (SSSR count). The van der Waals surface area contributed by atoms with Gasteiger partial charge in [0.25, 0.3) is 0 Å². The first-order chi connectivity index (χ1) is 9.57. The van der Waals surface area contributed by atoms with Crippen molar-refractivity contribution in [2.24, 2.45) is 23.0 Å². The van der Waals surface area contributed by atoms with E-state index >= 15 is 0 Å². The minimum Gasteiger partial charge on any atom is -0.393 e. The molecule has 4 heteroatoms. The van der Waals surface area contributed by atoms with Gasteiger partial charge in [-0.2, -0.15) is 0 Å². The molecule has 2 fully saturated rings. The Morgan fingerprint density at radius 2 is 1.90 bits per heavy atom. The second-order valence-corrected chi connectivity index (χ2v) is 6.76. The average Bonchev–Trinajstić information content (AvgIpc) is 3.00. The van der Waals surface area contributed by atoms with Crippen LogP contribution in [0.2, 0.25) is 0 Å². The predicted octanol–water partition coefficient (Wildman–Crippen LogP) is 1.76. The number of likely N-dealkylation sites (tertiary alicyclic amines) is 1. The number of fused-ring (bicyclic) bond motifs is 1. The van der Waals surface area contributed by atoms with E-state index in [0.717, 1.165) is 51.6 Å². The quantitative estimate of drug-likeness (QED) is 0.780. The van der Waals surface area contributed by atoms with Crippen molar-refractivity contribution < 1.29 is 9.90 Å². The lowest BCUT2D eigenvalue weighted by Crippen LogP contribution is -2.47. The Balaban J connectivity index is 2.08. The van der Waals surface area contributed by atoms with Gasteiger partial charge in [-0.15, -0.1) is 0 Å². The lowest BCUT2D eigenvalue weighted by Gasteiger charge is -2.35. The van der Waals surface area contributed by atoms with Crippen LogP contribution in [-0.2, 0) is 4.79 Å². The molecule has 1 amide bonds. The summed E-state index contributed by atoms with van der Waals surface area (Å²) in [4.78, 5) is 15.0. The summed E-state index contributed by atoms with van der Waals surface area (Å²) in [6.07, 6.45) is 5.51. The second kappa shape index (κ2) is 6.44. The fourth-order valence-electron chi connectivity index (χ4n) is 4.33. The number of aliphatic hydroxyl groups excluding tert-OH is 1. The summed E-state index contributed by atoms with van der Waals surface area (Å²) in [5, 5.41) is 10.0. The summed E-state index contributed by atoms with van der Waals surface area (Å²) < 4.78 is 0. The van der Waals surface area contributed by atoms with Gasteiger partial charge in [-0.05, 0) is 31.6 Å². The van der Waals surface area contributed by atoms with Crippen LogP contribution in [-0.4, -0.2) is 41.7 Å². The van der Waals surface area contributed by atoms with Crippen molar-refractivity contribution >= 4 is 5.91 Å². The summed E-state index contributed by atoms with van der Waals surface area (Å²) in [7, 11) is 0. The Morgan fingerprint density at radius 3 is 2.40 bits per heavy atom. The maximum absolute atomic E-state index is 13.0. The van der Waals surface area contributed by atoms with Crippen LogP contribution in [0.3, 0.4) is 0 Å². The van der Waals surface area contributed by atoms with E-state index < -0.39 is 0 Å². The number of hydrogen-bond acceptors (Lipinski definition) is 3. The van der Waals surface area contributed by atoms with E-state index in [0.29, 0.717) is 18.4 Å². The molecule has 0 aromatic carbocycles. The van der Waals surface area contributed by atoms with E-state index in [-0.39, 0.29) is 17.4 Å². The normalized spacial score (nSPS) is 29.8. The Morgan fingerprint density at radius 1 is 1.25 bits per heavy atom. The van der Waals surface area contributed by atoms with Gasteiger partial charge in [0, 0.05) is 25.6 Å². The highest BCUT2D eigenvalue weighted by atomic mass is 16.3. The first-order valence-corrected chi connectivity index (χ1v) is 8.25. The summed E-state index contributed by atoms with van der Waals surface area (Å²) >= 11 is 0. The van der Waals surface area contributed by atoms with Crippen LogP contribution in [0.25, 0.3) is 0 Å². The molecule has 1 aliphatic carbocycles. The molecule has 0 spiro atoms. The Hall–Kier alpha value is -0.610. The minimum absolute atomic E-state index is 0.206. The van der Waals surface area contributed by atoms with E-state index in [1.165, 1.54) is 0 Å². The summed E-state index contributed by atoms with van der Waals surface area (Å²) in [5.41, 5.74) is 5.63. The van der Waals surface area contributed by atoms with Crippen LogP contribution >= 0.6 is 0 Å². The SMILES string of the molecule is CCCC(CN)(CCC)C(=O)N1CC2CCC(O)C2C1. The maximum Gasteiger partial charge on any atom is 0.230 e. The van der Waals surface area contributed by atoms with Crippen molar-refractivity contribution in [2.45, 2.75) is 58.5 Å². The Bertz CT molecular complexity index is 339. The van der Waals surface area contributed by atoms with Crippen molar-refractivity contribution in [2.75, 3.05) is 19.6 Å². The summed E-state index contributed by atoms with van der Waals surface area (Å²) in [6.45, 7) is 6.25. The topological polar surface area (TPSA) is 66.6 Å².